The molecule has 0 radical (unpaired) electrons. The molecule has 4 rings (SSSR count). The Kier molecular flexibility index (Phi) is 2.00. The van der Waals surface area contributed by atoms with Gasteiger partial charge in [-0.25, -0.2) is 0 Å². The average Bonchev–Trinajstić information content (AvgIpc) is 3.00. The molecule has 0 spiro atoms. The lowest BCUT2D eigenvalue weighted by Gasteiger charge is -2.26. The molecule has 2 bridgehead atoms. The van der Waals surface area contributed by atoms with Crippen molar-refractivity contribution in [1.82, 2.24) is 0 Å². The van der Waals surface area contributed by atoms with Crippen LogP contribution in [0, 0.1) is 12.8 Å². The third-order valence-corrected chi connectivity index (χ3v) is 4.95. The molecule has 0 nitrogen and oxygen atoms in total. The van der Waals surface area contributed by atoms with Crippen LogP contribution in [0.3, 0.4) is 0 Å². The van der Waals surface area contributed by atoms with Crippen molar-refractivity contribution in [1.29, 1.82) is 0 Å². The Labute approximate surface area is 108 Å². The SMILES string of the molecule is Cc1cccc2c(C34C=CC(CC3)C4)cccc12. The van der Waals surface area contributed by atoms with E-state index in [4.69, 9.17) is 0 Å². The third kappa shape index (κ3) is 1.26. The Balaban J connectivity index is 2.01. The van der Waals surface area contributed by atoms with Crippen molar-refractivity contribution in [3.05, 3.63) is 59.7 Å². The van der Waals surface area contributed by atoms with E-state index in [9.17, 15) is 0 Å². The standard InChI is InChI=1S/C18H18/c1-13-4-2-6-16-15(13)5-3-7-17(16)18-10-8-14(12-18)9-11-18/h2-8,10,14H,9,11-12H2,1H3. The molecule has 2 aliphatic rings. The molecule has 0 amide bonds. The van der Waals surface area contributed by atoms with E-state index in [2.05, 4.69) is 55.5 Å². The van der Waals surface area contributed by atoms with Gasteiger partial charge in [0.15, 0.2) is 0 Å². The van der Waals surface area contributed by atoms with Crippen molar-refractivity contribution < 1.29 is 0 Å². The summed E-state index contributed by atoms with van der Waals surface area (Å²) in [6.45, 7) is 2.21. The molecular formula is C18H18. The van der Waals surface area contributed by atoms with Crippen molar-refractivity contribution in [3.8, 4) is 0 Å². The Morgan fingerprint density at radius 2 is 1.89 bits per heavy atom. The normalized spacial score (nSPS) is 29.3. The first kappa shape index (κ1) is 10.4. The highest BCUT2D eigenvalue weighted by molar-refractivity contribution is 5.89. The highest BCUT2D eigenvalue weighted by atomic mass is 14.5. The first-order valence-corrected chi connectivity index (χ1v) is 6.97. The van der Waals surface area contributed by atoms with E-state index in [-0.39, 0.29) is 0 Å². The van der Waals surface area contributed by atoms with E-state index < -0.39 is 0 Å². The molecule has 2 unspecified atom stereocenters. The summed E-state index contributed by atoms with van der Waals surface area (Å²) in [5.74, 6) is 0.838. The molecule has 0 aliphatic heterocycles. The zero-order chi connectivity index (χ0) is 12.2. The van der Waals surface area contributed by atoms with Crippen LogP contribution in [0.5, 0.6) is 0 Å². The highest BCUT2D eigenvalue weighted by Crippen LogP contribution is 2.52. The van der Waals surface area contributed by atoms with Gasteiger partial charge in [-0.2, -0.15) is 0 Å². The second-order valence-electron chi connectivity index (χ2n) is 5.99. The summed E-state index contributed by atoms with van der Waals surface area (Å²) in [5.41, 5.74) is 3.29. The number of hydrogen-bond acceptors (Lipinski definition) is 0. The van der Waals surface area contributed by atoms with E-state index in [1.54, 1.807) is 5.56 Å². The molecule has 18 heavy (non-hydrogen) atoms. The predicted molar refractivity (Wildman–Crippen MR) is 76.8 cm³/mol. The van der Waals surface area contributed by atoms with Crippen LogP contribution in [-0.2, 0) is 5.41 Å². The van der Waals surface area contributed by atoms with Crippen LogP contribution in [0.2, 0.25) is 0 Å². The van der Waals surface area contributed by atoms with Gasteiger partial charge in [0, 0.05) is 5.41 Å². The smallest absolute Gasteiger partial charge is 0.0144 e. The Morgan fingerprint density at radius 3 is 2.61 bits per heavy atom. The Bertz CT molecular complexity index is 650. The number of benzene rings is 2. The number of allylic oxidation sites excluding steroid dienone is 2. The molecule has 1 fully saturated rings. The lowest BCUT2D eigenvalue weighted by Crippen LogP contribution is -2.17. The van der Waals surface area contributed by atoms with Gasteiger partial charge in [-0.05, 0) is 54.0 Å². The third-order valence-electron chi connectivity index (χ3n) is 4.95. The van der Waals surface area contributed by atoms with Gasteiger partial charge < -0.3 is 0 Å². The van der Waals surface area contributed by atoms with Gasteiger partial charge in [-0.15, -0.1) is 0 Å². The fraction of sp³-hybridized carbons (Fsp3) is 0.333. The maximum Gasteiger partial charge on any atom is 0.0144 e. The fourth-order valence-electron chi connectivity index (χ4n) is 3.99. The number of rotatable bonds is 1. The van der Waals surface area contributed by atoms with Gasteiger partial charge >= 0.3 is 0 Å². The molecule has 0 aromatic heterocycles. The van der Waals surface area contributed by atoms with E-state index >= 15 is 0 Å². The van der Waals surface area contributed by atoms with Gasteiger partial charge in [0.2, 0.25) is 0 Å². The Hall–Kier alpha value is -1.56. The van der Waals surface area contributed by atoms with Gasteiger partial charge in [-0.3, -0.25) is 0 Å². The minimum atomic E-state index is 0.345. The molecule has 90 valence electrons. The highest BCUT2D eigenvalue weighted by Gasteiger charge is 2.42. The molecule has 0 N–H and O–H groups in total. The zero-order valence-electron chi connectivity index (χ0n) is 10.8. The molecule has 0 saturated heterocycles. The zero-order valence-corrected chi connectivity index (χ0v) is 10.8. The van der Waals surface area contributed by atoms with Crippen LogP contribution >= 0.6 is 0 Å². The molecular weight excluding hydrogens is 216 g/mol. The lowest BCUT2D eigenvalue weighted by molar-refractivity contribution is 0.572. The predicted octanol–water partition coefficient (Wildman–Crippen LogP) is 4.76. The van der Waals surface area contributed by atoms with Gasteiger partial charge in [0.1, 0.15) is 0 Å². The molecule has 0 heteroatoms. The lowest BCUT2D eigenvalue weighted by atomic mass is 9.77. The van der Waals surface area contributed by atoms with Gasteiger partial charge in [-0.1, -0.05) is 48.6 Å². The summed E-state index contributed by atoms with van der Waals surface area (Å²) in [7, 11) is 0. The van der Waals surface area contributed by atoms with Crippen molar-refractivity contribution in [2.75, 3.05) is 0 Å². The quantitative estimate of drug-likeness (QED) is 0.624. The number of hydrogen-bond donors (Lipinski definition) is 0. The number of fused-ring (bicyclic) bond motifs is 3. The average molecular weight is 234 g/mol. The van der Waals surface area contributed by atoms with Crippen molar-refractivity contribution >= 4 is 10.8 Å². The van der Waals surface area contributed by atoms with Crippen LogP contribution in [0.25, 0.3) is 10.8 Å². The van der Waals surface area contributed by atoms with Crippen molar-refractivity contribution in [3.63, 3.8) is 0 Å². The van der Waals surface area contributed by atoms with Crippen LogP contribution in [-0.4, -0.2) is 0 Å². The second-order valence-corrected chi connectivity index (χ2v) is 5.99. The molecule has 1 saturated carbocycles. The Morgan fingerprint density at radius 1 is 1.06 bits per heavy atom. The molecule has 2 aliphatic carbocycles. The summed E-state index contributed by atoms with van der Waals surface area (Å²) in [5, 5.41) is 2.89. The summed E-state index contributed by atoms with van der Waals surface area (Å²) in [6, 6.07) is 13.6. The summed E-state index contributed by atoms with van der Waals surface area (Å²) < 4.78 is 0. The topological polar surface area (TPSA) is 0 Å². The summed E-state index contributed by atoms with van der Waals surface area (Å²) in [6.07, 6.45) is 8.97. The van der Waals surface area contributed by atoms with E-state index in [1.165, 1.54) is 35.6 Å². The largest absolute Gasteiger partial charge is 0.0845 e. The monoisotopic (exact) mass is 234 g/mol. The first-order valence-electron chi connectivity index (χ1n) is 6.97. The molecule has 2 atom stereocenters. The minimum absolute atomic E-state index is 0.345. The first-order chi connectivity index (χ1) is 8.78. The van der Waals surface area contributed by atoms with Gasteiger partial charge in [0.25, 0.3) is 0 Å². The summed E-state index contributed by atoms with van der Waals surface area (Å²) >= 11 is 0. The maximum atomic E-state index is 2.48. The van der Waals surface area contributed by atoms with Crippen molar-refractivity contribution in [2.45, 2.75) is 31.6 Å². The van der Waals surface area contributed by atoms with Gasteiger partial charge in [0.05, 0.1) is 0 Å². The summed E-state index contributed by atoms with van der Waals surface area (Å²) in [4.78, 5) is 0. The van der Waals surface area contributed by atoms with Crippen LogP contribution in [0.4, 0.5) is 0 Å². The minimum Gasteiger partial charge on any atom is -0.0845 e. The van der Waals surface area contributed by atoms with Crippen LogP contribution in [0.15, 0.2) is 48.6 Å². The van der Waals surface area contributed by atoms with E-state index in [1.807, 2.05) is 0 Å². The van der Waals surface area contributed by atoms with E-state index in [0.717, 1.165) is 5.92 Å². The van der Waals surface area contributed by atoms with Crippen molar-refractivity contribution in [2.24, 2.45) is 5.92 Å². The molecule has 0 heterocycles. The van der Waals surface area contributed by atoms with Crippen LogP contribution in [0.1, 0.15) is 30.4 Å². The molecule has 2 aromatic rings. The fourth-order valence-corrected chi connectivity index (χ4v) is 3.99. The maximum absolute atomic E-state index is 2.48. The number of aryl methyl sites for hydroxylation is 1. The second kappa shape index (κ2) is 3.47. The van der Waals surface area contributed by atoms with Crippen LogP contribution < -0.4 is 0 Å². The van der Waals surface area contributed by atoms with E-state index in [0.29, 0.717) is 5.41 Å². The molecule has 2 aromatic carbocycles.